The Morgan fingerprint density at radius 1 is 0.953 bits per heavy atom. The molecule has 3 aromatic carbocycles. The molecule has 0 saturated heterocycles. The molecule has 1 atom stereocenters. The fourth-order valence-electron chi connectivity index (χ4n) is 4.38. The molecule has 0 radical (unpaired) electrons. The molecule has 0 aliphatic rings. The van der Waals surface area contributed by atoms with E-state index in [4.69, 9.17) is 32.7 Å². The van der Waals surface area contributed by atoms with Gasteiger partial charge in [0.1, 0.15) is 18.4 Å². The highest BCUT2D eigenvalue weighted by Crippen LogP contribution is 2.33. The number of hydrogen-bond acceptors (Lipinski definition) is 6. The van der Waals surface area contributed by atoms with Crippen LogP contribution in [-0.4, -0.2) is 58.5 Å². The van der Waals surface area contributed by atoms with Crippen LogP contribution in [0.4, 0.5) is 10.1 Å². The Bertz CT molecular complexity index is 1520. The Labute approximate surface area is 261 Å². The Morgan fingerprint density at radius 2 is 1.58 bits per heavy atom. The summed E-state index contributed by atoms with van der Waals surface area (Å²) in [6, 6.07) is 12.6. The molecule has 0 aromatic heterocycles. The van der Waals surface area contributed by atoms with E-state index in [-0.39, 0.29) is 39.3 Å². The molecule has 3 aromatic rings. The van der Waals surface area contributed by atoms with Gasteiger partial charge < -0.3 is 19.7 Å². The molecule has 0 fully saturated rings. The summed E-state index contributed by atoms with van der Waals surface area (Å²) in [5.41, 5.74) is 0.431. The summed E-state index contributed by atoms with van der Waals surface area (Å²) in [4.78, 5) is 28.4. The third-order valence-electron chi connectivity index (χ3n) is 6.66. The second-order valence-electron chi connectivity index (χ2n) is 9.44. The predicted molar refractivity (Wildman–Crippen MR) is 165 cm³/mol. The summed E-state index contributed by atoms with van der Waals surface area (Å²) in [6.45, 7) is 3.14. The molecular formula is C30H34Cl2FN3O6S. The number of sulfonamides is 1. The van der Waals surface area contributed by atoms with Gasteiger partial charge in [0, 0.05) is 34.8 Å². The van der Waals surface area contributed by atoms with E-state index in [9.17, 15) is 22.4 Å². The lowest BCUT2D eigenvalue weighted by molar-refractivity contribution is -0.140. The van der Waals surface area contributed by atoms with Gasteiger partial charge in [0.05, 0.1) is 24.8 Å². The van der Waals surface area contributed by atoms with E-state index in [1.807, 2.05) is 6.92 Å². The van der Waals surface area contributed by atoms with Gasteiger partial charge >= 0.3 is 0 Å². The van der Waals surface area contributed by atoms with Crippen molar-refractivity contribution in [2.45, 2.75) is 44.2 Å². The van der Waals surface area contributed by atoms with E-state index < -0.39 is 40.2 Å². The molecule has 0 aliphatic carbocycles. The molecule has 0 saturated carbocycles. The highest BCUT2D eigenvalue weighted by atomic mass is 35.5. The molecule has 1 N–H and O–H groups in total. The van der Waals surface area contributed by atoms with Crippen LogP contribution in [0.2, 0.25) is 10.0 Å². The van der Waals surface area contributed by atoms with Gasteiger partial charge in [-0.3, -0.25) is 13.9 Å². The minimum absolute atomic E-state index is 0.0312. The van der Waals surface area contributed by atoms with E-state index in [2.05, 4.69) is 5.32 Å². The first kappa shape index (κ1) is 34.0. The topological polar surface area (TPSA) is 105 Å². The highest BCUT2D eigenvalue weighted by molar-refractivity contribution is 7.92. The molecule has 232 valence electrons. The Kier molecular flexibility index (Phi) is 12.1. The van der Waals surface area contributed by atoms with Crippen LogP contribution in [0, 0.1) is 5.82 Å². The van der Waals surface area contributed by atoms with E-state index in [0.29, 0.717) is 24.3 Å². The number of halogens is 3. The number of carbonyl (C=O) groups excluding carboxylic acids is 2. The normalized spacial score (nSPS) is 11.9. The number of benzene rings is 3. The number of rotatable bonds is 14. The number of ether oxygens (including phenoxy) is 2. The smallest absolute Gasteiger partial charge is 0.264 e. The molecule has 0 spiro atoms. The Morgan fingerprint density at radius 3 is 2.14 bits per heavy atom. The van der Waals surface area contributed by atoms with Crippen LogP contribution in [0.3, 0.4) is 0 Å². The van der Waals surface area contributed by atoms with Gasteiger partial charge in [-0.15, -0.1) is 0 Å². The second-order valence-corrected chi connectivity index (χ2v) is 12.1. The number of anilines is 1. The van der Waals surface area contributed by atoms with Crippen LogP contribution in [0.25, 0.3) is 0 Å². The van der Waals surface area contributed by atoms with Gasteiger partial charge in [-0.2, -0.15) is 0 Å². The van der Waals surface area contributed by atoms with Crippen molar-refractivity contribution < 1.29 is 31.9 Å². The molecule has 0 heterocycles. The van der Waals surface area contributed by atoms with Gasteiger partial charge in [0.25, 0.3) is 10.0 Å². The molecule has 43 heavy (non-hydrogen) atoms. The lowest BCUT2D eigenvalue weighted by atomic mass is 10.1. The zero-order chi connectivity index (χ0) is 31.7. The lowest BCUT2D eigenvalue weighted by Gasteiger charge is -2.33. The SMILES string of the molecule is CCCNC(=O)[C@H](CC)N(Cc1c(Cl)cccc1Cl)C(=O)CN(c1ccc(F)cc1)S(=O)(=O)c1ccc(OC)c(OC)c1. The van der Waals surface area contributed by atoms with Crippen LogP contribution in [-0.2, 0) is 26.2 Å². The van der Waals surface area contributed by atoms with Gasteiger partial charge in [-0.25, -0.2) is 12.8 Å². The average molecular weight is 655 g/mol. The second kappa shape index (κ2) is 15.3. The lowest BCUT2D eigenvalue weighted by Crippen LogP contribution is -2.52. The summed E-state index contributed by atoms with van der Waals surface area (Å²) in [5, 5.41) is 3.37. The number of nitrogens with one attached hydrogen (secondary N) is 1. The van der Waals surface area contributed by atoms with E-state index in [0.717, 1.165) is 16.4 Å². The third kappa shape index (κ3) is 8.10. The van der Waals surface area contributed by atoms with Crippen molar-refractivity contribution in [1.82, 2.24) is 10.2 Å². The maximum atomic E-state index is 14.1. The summed E-state index contributed by atoms with van der Waals surface area (Å²) in [6.07, 6.45) is 0.900. The molecule has 9 nitrogen and oxygen atoms in total. The van der Waals surface area contributed by atoms with Crippen molar-refractivity contribution in [2.75, 3.05) is 31.6 Å². The summed E-state index contributed by atoms with van der Waals surface area (Å²) >= 11 is 12.8. The quantitative estimate of drug-likeness (QED) is 0.240. The standard InChI is InChI=1S/C30H34Cl2FN3O6S/c1-5-16-34-30(38)26(6-2)35(18-23-24(31)8-7-9-25(23)32)29(37)19-36(21-12-10-20(33)11-13-21)43(39,40)22-14-15-27(41-3)28(17-22)42-4/h7-15,17,26H,5-6,16,18-19H2,1-4H3,(H,34,38)/t26-/m0/s1. The van der Waals surface area contributed by atoms with Crippen LogP contribution in [0.5, 0.6) is 11.5 Å². The zero-order valence-electron chi connectivity index (χ0n) is 24.3. The molecular weight excluding hydrogens is 620 g/mol. The van der Waals surface area contributed by atoms with Crippen LogP contribution >= 0.6 is 23.2 Å². The first-order valence-electron chi connectivity index (χ1n) is 13.5. The van der Waals surface area contributed by atoms with E-state index in [1.54, 1.807) is 25.1 Å². The van der Waals surface area contributed by atoms with Crippen molar-refractivity contribution in [2.24, 2.45) is 0 Å². The first-order chi connectivity index (χ1) is 20.5. The zero-order valence-corrected chi connectivity index (χ0v) is 26.6. The number of amides is 2. The molecule has 2 amide bonds. The molecule has 13 heteroatoms. The minimum Gasteiger partial charge on any atom is -0.493 e. The number of hydrogen-bond donors (Lipinski definition) is 1. The van der Waals surface area contributed by atoms with Gasteiger partial charge in [0.15, 0.2) is 11.5 Å². The molecule has 3 rings (SSSR count). The fraction of sp³-hybridized carbons (Fsp3) is 0.333. The van der Waals surface area contributed by atoms with Crippen LogP contribution in [0.15, 0.2) is 65.6 Å². The largest absolute Gasteiger partial charge is 0.493 e. The molecule has 0 unspecified atom stereocenters. The average Bonchev–Trinajstić information content (AvgIpc) is 2.99. The van der Waals surface area contributed by atoms with Crippen LogP contribution in [0.1, 0.15) is 32.3 Å². The first-order valence-corrected chi connectivity index (χ1v) is 15.7. The highest BCUT2D eigenvalue weighted by Gasteiger charge is 2.34. The number of carbonyl (C=O) groups is 2. The minimum atomic E-state index is -4.43. The Hall–Kier alpha value is -3.54. The maximum Gasteiger partial charge on any atom is 0.264 e. The van der Waals surface area contributed by atoms with Gasteiger partial charge in [-0.1, -0.05) is 43.1 Å². The van der Waals surface area contributed by atoms with Crippen molar-refractivity contribution in [3.05, 3.63) is 82.1 Å². The number of methoxy groups -OCH3 is 2. The van der Waals surface area contributed by atoms with Gasteiger partial charge in [0.2, 0.25) is 11.8 Å². The van der Waals surface area contributed by atoms with Crippen molar-refractivity contribution in [1.29, 1.82) is 0 Å². The van der Waals surface area contributed by atoms with Gasteiger partial charge in [-0.05, 0) is 61.4 Å². The van der Waals surface area contributed by atoms with Crippen molar-refractivity contribution in [3.63, 3.8) is 0 Å². The summed E-state index contributed by atoms with van der Waals surface area (Å²) < 4.78 is 53.4. The predicted octanol–water partition coefficient (Wildman–Crippen LogP) is 5.68. The summed E-state index contributed by atoms with van der Waals surface area (Å²) in [7, 11) is -1.66. The fourth-order valence-corrected chi connectivity index (χ4v) is 6.33. The summed E-state index contributed by atoms with van der Waals surface area (Å²) in [5.74, 6) is -1.24. The van der Waals surface area contributed by atoms with E-state index in [1.165, 1.54) is 49.5 Å². The van der Waals surface area contributed by atoms with E-state index >= 15 is 0 Å². The third-order valence-corrected chi connectivity index (χ3v) is 9.14. The van der Waals surface area contributed by atoms with Crippen molar-refractivity contribution >= 4 is 50.7 Å². The monoisotopic (exact) mass is 653 g/mol. The van der Waals surface area contributed by atoms with Crippen LogP contribution < -0.4 is 19.1 Å². The van der Waals surface area contributed by atoms with Crippen molar-refractivity contribution in [3.8, 4) is 11.5 Å². The number of nitrogens with zero attached hydrogens (tertiary/aromatic N) is 2. The molecule has 0 bridgehead atoms. The Balaban J connectivity index is 2.12. The maximum absolute atomic E-state index is 14.1. The molecule has 0 aliphatic heterocycles.